The summed E-state index contributed by atoms with van der Waals surface area (Å²) in [5, 5.41) is 39.9. The first-order valence-electron chi connectivity index (χ1n) is 16.3. The zero-order chi connectivity index (χ0) is 38.1. The van der Waals surface area contributed by atoms with Gasteiger partial charge in [-0.1, -0.05) is 71.7 Å². The molecule has 0 unspecified atom stereocenters. The largest absolute Gasteiger partial charge is 0.507 e. The Morgan fingerprint density at radius 1 is 0.642 bits per heavy atom. The topological polar surface area (TPSA) is 169 Å². The van der Waals surface area contributed by atoms with Gasteiger partial charge in [-0.3, -0.25) is 0 Å². The van der Waals surface area contributed by atoms with Gasteiger partial charge in [0.2, 0.25) is 0 Å². The Morgan fingerprint density at radius 3 is 1.64 bits per heavy atom. The number of halogens is 2. The van der Waals surface area contributed by atoms with E-state index in [2.05, 4.69) is 9.97 Å². The molecule has 0 saturated carbocycles. The molecular formula is C39H36Cl2N4O8. The summed E-state index contributed by atoms with van der Waals surface area (Å²) in [5.74, 6) is -1.20. The van der Waals surface area contributed by atoms with E-state index in [9.17, 15) is 30.0 Å². The van der Waals surface area contributed by atoms with Crippen molar-refractivity contribution >= 4 is 35.1 Å². The number of aromatic hydroxyl groups is 4. The summed E-state index contributed by atoms with van der Waals surface area (Å²) in [7, 11) is 2.44. The van der Waals surface area contributed by atoms with Crippen molar-refractivity contribution in [2.45, 2.75) is 32.2 Å². The fraction of sp³-hybridized carbons (Fsp3) is 0.179. The summed E-state index contributed by atoms with van der Waals surface area (Å²) in [6, 6.07) is 21.7. The smallest absolute Gasteiger partial charge is 0.341 e. The number of carbonyl (C=O) groups is 2. The van der Waals surface area contributed by atoms with E-state index in [-0.39, 0.29) is 50.6 Å². The Labute approximate surface area is 315 Å². The number of hydrogen-bond donors (Lipinski definition) is 4. The Balaban J connectivity index is 0.000000204. The molecule has 0 saturated heterocycles. The normalized spacial score (nSPS) is 10.7. The quantitative estimate of drug-likeness (QED) is 0.100. The minimum absolute atomic E-state index is 0.0148. The third-order valence-electron chi connectivity index (χ3n) is 8.37. The van der Waals surface area contributed by atoms with Gasteiger partial charge in [0.1, 0.15) is 45.8 Å². The molecular weight excluding hydrogens is 723 g/mol. The highest BCUT2D eigenvalue weighted by molar-refractivity contribution is 6.33. The molecule has 0 aliphatic rings. The van der Waals surface area contributed by atoms with Crippen molar-refractivity contribution in [2.75, 3.05) is 14.2 Å². The van der Waals surface area contributed by atoms with Crippen LogP contribution in [0.25, 0.3) is 5.69 Å². The number of rotatable bonds is 11. The van der Waals surface area contributed by atoms with Crippen LogP contribution in [-0.2, 0) is 41.7 Å². The van der Waals surface area contributed by atoms with Crippen LogP contribution in [0.4, 0.5) is 0 Å². The molecule has 0 radical (unpaired) electrons. The van der Waals surface area contributed by atoms with E-state index in [1.54, 1.807) is 12.4 Å². The molecule has 2 aromatic heterocycles. The van der Waals surface area contributed by atoms with Crippen LogP contribution in [0.3, 0.4) is 0 Å². The average Bonchev–Trinajstić information content (AvgIpc) is 3.83. The predicted octanol–water partition coefficient (Wildman–Crippen LogP) is 7.08. The summed E-state index contributed by atoms with van der Waals surface area (Å²) in [5.41, 5.74) is 2.65. The van der Waals surface area contributed by atoms with Crippen molar-refractivity contribution in [3.63, 3.8) is 0 Å². The molecule has 53 heavy (non-hydrogen) atoms. The Hall–Kier alpha value is -5.98. The predicted molar refractivity (Wildman–Crippen MR) is 198 cm³/mol. The van der Waals surface area contributed by atoms with Crippen LogP contribution in [0.5, 0.6) is 23.0 Å². The molecule has 2 heterocycles. The van der Waals surface area contributed by atoms with Crippen molar-refractivity contribution in [3.05, 3.63) is 147 Å². The third-order valence-corrected chi connectivity index (χ3v) is 9.21. The lowest BCUT2D eigenvalue weighted by molar-refractivity contribution is 0.0586. The van der Waals surface area contributed by atoms with Crippen LogP contribution in [0.15, 0.2) is 97.6 Å². The monoisotopic (exact) mass is 758 g/mol. The summed E-state index contributed by atoms with van der Waals surface area (Å²) in [6.45, 7) is 0.666. The van der Waals surface area contributed by atoms with E-state index < -0.39 is 11.9 Å². The highest BCUT2D eigenvalue weighted by Crippen LogP contribution is 2.38. The van der Waals surface area contributed by atoms with Gasteiger partial charge in [-0.2, -0.15) is 0 Å². The molecule has 14 heteroatoms. The molecule has 0 spiro atoms. The van der Waals surface area contributed by atoms with E-state index in [0.717, 1.165) is 35.0 Å². The number of aromatic nitrogens is 4. The minimum atomic E-state index is -0.717. The van der Waals surface area contributed by atoms with E-state index in [4.69, 9.17) is 32.7 Å². The van der Waals surface area contributed by atoms with Crippen LogP contribution >= 0.6 is 23.2 Å². The van der Waals surface area contributed by atoms with Gasteiger partial charge >= 0.3 is 11.9 Å². The van der Waals surface area contributed by atoms with Crippen LogP contribution < -0.4 is 0 Å². The van der Waals surface area contributed by atoms with Gasteiger partial charge in [0, 0.05) is 62.0 Å². The van der Waals surface area contributed by atoms with Gasteiger partial charge in [-0.05, 0) is 41.7 Å². The van der Waals surface area contributed by atoms with Crippen LogP contribution in [0, 0.1) is 0 Å². The summed E-state index contributed by atoms with van der Waals surface area (Å²) >= 11 is 12.4. The van der Waals surface area contributed by atoms with E-state index in [1.165, 1.54) is 14.2 Å². The first kappa shape index (κ1) is 38.3. The van der Waals surface area contributed by atoms with Crippen molar-refractivity contribution < 1.29 is 39.5 Å². The van der Waals surface area contributed by atoms with Gasteiger partial charge in [0.05, 0.1) is 24.3 Å². The maximum Gasteiger partial charge on any atom is 0.341 e. The molecule has 274 valence electrons. The van der Waals surface area contributed by atoms with Crippen molar-refractivity contribution in [2.24, 2.45) is 0 Å². The third kappa shape index (κ3) is 8.91. The van der Waals surface area contributed by atoms with Gasteiger partial charge in [0.25, 0.3) is 0 Å². The lowest BCUT2D eigenvalue weighted by Gasteiger charge is -2.14. The maximum atomic E-state index is 12.0. The number of nitrogens with zero attached hydrogens (tertiary/aromatic N) is 4. The molecule has 0 aliphatic carbocycles. The zero-order valence-corrected chi connectivity index (χ0v) is 30.3. The second-order valence-corrected chi connectivity index (χ2v) is 12.4. The summed E-state index contributed by atoms with van der Waals surface area (Å²) < 4.78 is 13.4. The average molecular weight is 760 g/mol. The number of phenols is 4. The number of esters is 2. The molecule has 0 amide bonds. The van der Waals surface area contributed by atoms with Gasteiger partial charge in [-0.25, -0.2) is 19.6 Å². The Bertz CT molecular complexity index is 2200. The fourth-order valence-electron chi connectivity index (χ4n) is 5.81. The minimum Gasteiger partial charge on any atom is -0.507 e. The Kier molecular flexibility index (Phi) is 12.6. The molecule has 6 aromatic rings. The zero-order valence-electron chi connectivity index (χ0n) is 28.7. The maximum absolute atomic E-state index is 12.0. The molecule has 4 N–H and O–H groups in total. The number of benzene rings is 4. The number of methoxy groups -OCH3 is 2. The summed E-state index contributed by atoms with van der Waals surface area (Å²) in [6.07, 6.45) is 8.61. The van der Waals surface area contributed by atoms with E-state index in [0.29, 0.717) is 36.9 Å². The number of ether oxygens (including phenoxy) is 2. The highest BCUT2D eigenvalue weighted by Gasteiger charge is 2.24. The summed E-state index contributed by atoms with van der Waals surface area (Å²) in [4.78, 5) is 32.8. The molecule has 0 aliphatic heterocycles. The second-order valence-electron chi connectivity index (χ2n) is 11.7. The number of aryl methyl sites for hydroxylation is 2. The molecule has 6 rings (SSSR count). The number of hydrogen-bond acceptors (Lipinski definition) is 10. The standard InChI is InChI=1S/C20H19ClN2O4.C19H17ClN2O4/c1-27-20(26)18-14(19(21)16(25)11-15(18)24)7-8-17-22-9-10-23(17)12-13-5-3-2-4-6-13;1-26-19(25)17-13(18(20)15(24)11-14(17)23)7-8-16-21-9-10-22(16)12-5-3-2-4-6-12/h2-6,9-11,24-25H,7-8,12H2,1H3;2-6,9-11,23-24H,7-8H2,1H3. The van der Waals surface area contributed by atoms with E-state index in [1.807, 2.05) is 82.2 Å². The number of imidazole rings is 2. The first-order valence-corrected chi connectivity index (χ1v) is 17.0. The molecule has 0 atom stereocenters. The van der Waals surface area contributed by atoms with E-state index >= 15 is 0 Å². The molecule has 4 aromatic carbocycles. The number of phenolic OH excluding ortho intramolecular Hbond substituents is 4. The lowest BCUT2D eigenvalue weighted by Crippen LogP contribution is -2.10. The van der Waals surface area contributed by atoms with Crippen molar-refractivity contribution in [1.29, 1.82) is 0 Å². The van der Waals surface area contributed by atoms with Gasteiger partial charge in [0.15, 0.2) is 0 Å². The lowest BCUT2D eigenvalue weighted by atomic mass is 10.0. The van der Waals surface area contributed by atoms with Crippen LogP contribution in [0.1, 0.15) is 49.1 Å². The van der Waals surface area contributed by atoms with Gasteiger partial charge in [-0.15, -0.1) is 0 Å². The number of para-hydroxylation sites is 1. The molecule has 0 fully saturated rings. The fourth-order valence-corrected chi connectivity index (χ4v) is 6.29. The molecule has 12 nitrogen and oxygen atoms in total. The van der Waals surface area contributed by atoms with Crippen LogP contribution in [0.2, 0.25) is 10.0 Å². The molecule has 0 bridgehead atoms. The van der Waals surface area contributed by atoms with Crippen molar-refractivity contribution in [3.8, 4) is 28.7 Å². The van der Waals surface area contributed by atoms with Crippen molar-refractivity contribution in [1.82, 2.24) is 19.1 Å². The van der Waals surface area contributed by atoms with Gasteiger partial charge < -0.3 is 39.0 Å². The first-order chi connectivity index (χ1) is 25.5. The SMILES string of the molecule is COC(=O)c1c(O)cc(O)c(Cl)c1CCc1nccn1-c1ccccc1.COC(=O)c1c(O)cc(O)c(Cl)c1CCc1nccn1Cc1ccccc1. The second kappa shape index (κ2) is 17.5. The Morgan fingerprint density at radius 2 is 1.11 bits per heavy atom. The van der Waals surface area contributed by atoms with Crippen LogP contribution in [-0.4, -0.2) is 65.7 Å². The number of carbonyl (C=O) groups excluding carboxylic acids is 2. The highest BCUT2D eigenvalue weighted by atomic mass is 35.5.